The molecule has 0 fully saturated rings. The van der Waals surface area contributed by atoms with Crippen molar-refractivity contribution in [3.63, 3.8) is 0 Å². The molecule has 0 saturated carbocycles. The van der Waals surface area contributed by atoms with Crippen molar-refractivity contribution >= 4 is 17.6 Å². The van der Waals surface area contributed by atoms with Gasteiger partial charge < -0.3 is 19.8 Å². The number of rotatable bonds is 9. The number of anilines is 3. The van der Waals surface area contributed by atoms with Gasteiger partial charge in [-0.1, -0.05) is 30.3 Å². The highest BCUT2D eigenvalue weighted by molar-refractivity contribution is 5.71. The van der Waals surface area contributed by atoms with Crippen LogP contribution in [0.5, 0.6) is 5.75 Å². The second-order valence-electron chi connectivity index (χ2n) is 7.61. The van der Waals surface area contributed by atoms with Crippen LogP contribution in [-0.2, 0) is 6.42 Å². The van der Waals surface area contributed by atoms with Crippen LogP contribution in [0.4, 0.5) is 17.6 Å². The van der Waals surface area contributed by atoms with E-state index in [9.17, 15) is 0 Å². The van der Waals surface area contributed by atoms with E-state index >= 15 is 0 Å². The van der Waals surface area contributed by atoms with Crippen LogP contribution in [0.25, 0.3) is 22.7 Å². The fourth-order valence-electron chi connectivity index (χ4n) is 3.55. The number of ether oxygens (including phenoxy) is 1. The van der Waals surface area contributed by atoms with E-state index in [4.69, 9.17) is 9.15 Å². The maximum atomic E-state index is 5.56. The summed E-state index contributed by atoms with van der Waals surface area (Å²) >= 11 is 0. The van der Waals surface area contributed by atoms with Gasteiger partial charge in [0.2, 0.25) is 11.9 Å². The zero-order valence-electron chi connectivity index (χ0n) is 19.0. The van der Waals surface area contributed by atoms with E-state index in [-0.39, 0.29) is 0 Å². The Morgan fingerprint density at radius 2 is 1.71 bits per heavy atom. The van der Waals surface area contributed by atoms with Gasteiger partial charge in [0.15, 0.2) is 18.0 Å². The number of methoxy groups -OCH3 is 1. The number of benzene rings is 2. The SMILES string of the molecule is COc1cc(Nc2nc(NCCc3ccncc3)nc(-c3ccccc3)n2)ccc1-c1cnco1. The van der Waals surface area contributed by atoms with E-state index in [0.29, 0.717) is 35.8 Å². The third-order valence-electron chi connectivity index (χ3n) is 5.27. The predicted octanol–water partition coefficient (Wildman–Crippen LogP) is 5.00. The zero-order chi connectivity index (χ0) is 23.9. The monoisotopic (exact) mass is 465 g/mol. The molecule has 0 radical (unpaired) electrons. The molecular weight excluding hydrogens is 442 g/mol. The van der Waals surface area contributed by atoms with E-state index < -0.39 is 0 Å². The third-order valence-corrected chi connectivity index (χ3v) is 5.27. The molecule has 5 rings (SSSR count). The van der Waals surface area contributed by atoms with Crippen LogP contribution in [0.3, 0.4) is 0 Å². The first kappa shape index (κ1) is 22.0. The molecule has 3 heterocycles. The molecule has 0 bridgehead atoms. The van der Waals surface area contributed by atoms with Gasteiger partial charge in [-0.2, -0.15) is 15.0 Å². The Morgan fingerprint density at radius 3 is 2.49 bits per heavy atom. The summed E-state index contributed by atoms with van der Waals surface area (Å²) in [6.45, 7) is 0.668. The minimum atomic E-state index is 0.416. The molecule has 3 aromatic heterocycles. The van der Waals surface area contributed by atoms with Crippen LogP contribution in [0, 0.1) is 0 Å². The van der Waals surface area contributed by atoms with Crippen molar-refractivity contribution in [1.29, 1.82) is 0 Å². The van der Waals surface area contributed by atoms with Gasteiger partial charge in [0, 0.05) is 36.3 Å². The summed E-state index contributed by atoms with van der Waals surface area (Å²) in [6.07, 6.45) is 7.43. The van der Waals surface area contributed by atoms with Crippen LogP contribution in [0.1, 0.15) is 5.56 Å². The third kappa shape index (κ3) is 5.41. The molecule has 9 nitrogen and oxygen atoms in total. The van der Waals surface area contributed by atoms with Crippen LogP contribution < -0.4 is 15.4 Å². The van der Waals surface area contributed by atoms with Crippen LogP contribution >= 0.6 is 0 Å². The molecular formula is C26H23N7O2. The number of hydrogen-bond acceptors (Lipinski definition) is 9. The number of oxazole rings is 1. The average molecular weight is 466 g/mol. The van der Waals surface area contributed by atoms with Crippen molar-refractivity contribution in [3.8, 4) is 28.5 Å². The van der Waals surface area contributed by atoms with Gasteiger partial charge in [-0.15, -0.1) is 0 Å². The van der Waals surface area contributed by atoms with Gasteiger partial charge >= 0.3 is 0 Å². The average Bonchev–Trinajstić information content (AvgIpc) is 3.44. The lowest BCUT2D eigenvalue weighted by molar-refractivity contribution is 0.415. The van der Waals surface area contributed by atoms with Crippen molar-refractivity contribution in [1.82, 2.24) is 24.9 Å². The highest BCUT2D eigenvalue weighted by atomic mass is 16.5. The number of pyridine rings is 1. The van der Waals surface area contributed by atoms with Crippen LogP contribution in [-0.4, -0.2) is 38.6 Å². The summed E-state index contributed by atoms with van der Waals surface area (Å²) in [6, 6.07) is 19.5. The molecule has 9 heteroatoms. The number of nitrogens with one attached hydrogen (secondary N) is 2. The Balaban J connectivity index is 1.41. The molecule has 0 aliphatic heterocycles. The highest BCUT2D eigenvalue weighted by Gasteiger charge is 2.13. The lowest BCUT2D eigenvalue weighted by atomic mass is 10.1. The van der Waals surface area contributed by atoms with Gasteiger partial charge in [0.25, 0.3) is 0 Å². The van der Waals surface area contributed by atoms with Crippen molar-refractivity contribution in [2.75, 3.05) is 24.3 Å². The first-order valence-corrected chi connectivity index (χ1v) is 11.1. The van der Waals surface area contributed by atoms with Crippen molar-refractivity contribution < 1.29 is 9.15 Å². The zero-order valence-corrected chi connectivity index (χ0v) is 19.0. The van der Waals surface area contributed by atoms with Crippen molar-refractivity contribution in [2.45, 2.75) is 6.42 Å². The molecule has 2 N–H and O–H groups in total. The largest absolute Gasteiger partial charge is 0.496 e. The first-order valence-electron chi connectivity index (χ1n) is 11.1. The molecule has 35 heavy (non-hydrogen) atoms. The Bertz CT molecular complexity index is 1380. The van der Waals surface area contributed by atoms with E-state index in [2.05, 4.69) is 35.6 Å². The standard InChI is InChI=1S/C26H23N7O2/c1-34-22-15-20(7-8-21(22)23-16-28-17-35-23)30-26-32-24(19-5-3-2-4-6-19)31-25(33-26)29-14-11-18-9-12-27-13-10-18/h2-10,12-13,15-17H,11,14H2,1H3,(H2,29,30,31,32,33). The summed E-state index contributed by atoms with van der Waals surface area (Å²) in [4.78, 5) is 21.9. The number of hydrogen-bond donors (Lipinski definition) is 2. The van der Waals surface area contributed by atoms with Gasteiger partial charge in [0.1, 0.15) is 5.75 Å². The van der Waals surface area contributed by atoms with Gasteiger partial charge in [-0.05, 0) is 36.2 Å². The highest BCUT2D eigenvalue weighted by Crippen LogP contribution is 2.33. The van der Waals surface area contributed by atoms with E-state index in [1.165, 1.54) is 12.0 Å². The maximum Gasteiger partial charge on any atom is 0.232 e. The maximum absolute atomic E-state index is 5.56. The fraction of sp³-hybridized carbons (Fsp3) is 0.115. The van der Waals surface area contributed by atoms with Crippen molar-refractivity contribution in [2.24, 2.45) is 0 Å². The Labute approximate surface area is 202 Å². The van der Waals surface area contributed by atoms with E-state index in [1.54, 1.807) is 25.7 Å². The molecule has 0 aliphatic rings. The molecule has 5 aromatic rings. The van der Waals surface area contributed by atoms with Gasteiger partial charge in [-0.3, -0.25) is 4.98 Å². The first-order chi connectivity index (χ1) is 17.3. The minimum Gasteiger partial charge on any atom is -0.496 e. The Morgan fingerprint density at radius 1 is 0.886 bits per heavy atom. The lowest BCUT2D eigenvalue weighted by Crippen LogP contribution is -2.11. The summed E-state index contributed by atoms with van der Waals surface area (Å²) in [5, 5.41) is 6.59. The summed E-state index contributed by atoms with van der Waals surface area (Å²) in [5.41, 5.74) is 3.64. The summed E-state index contributed by atoms with van der Waals surface area (Å²) in [5.74, 6) is 2.74. The second-order valence-corrected chi connectivity index (χ2v) is 7.61. The normalized spacial score (nSPS) is 10.7. The van der Waals surface area contributed by atoms with Crippen LogP contribution in [0.2, 0.25) is 0 Å². The molecule has 0 saturated heterocycles. The Hall–Kier alpha value is -4.79. The predicted molar refractivity (Wildman–Crippen MR) is 133 cm³/mol. The number of aromatic nitrogens is 5. The number of nitrogens with zero attached hydrogens (tertiary/aromatic N) is 5. The molecule has 0 atom stereocenters. The van der Waals surface area contributed by atoms with Gasteiger partial charge in [-0.25, -0.2) is 4.98 Å². The van der Waals surface area contributed by atoms with Gasteiger partial charge in [0.05, 0.1) is 18.9 Å². The fourth-order valence-corrected chi connectivity index (χ4v) is 3.55. The quantitative estimate of drug-likeness (QED) is 0.311. The summed E-state index contributed by atoms with van der Waals surface area (Å²) in [7, 11) is 1.61. The smallest absolute Gasteiger partial charge is 0.232 e. The van der Waals surface area contributed by atoms with E-state index in [0.717, 1.165) is 23.2 Å². The minimum absolute atomic E-state index is 0.416. The van der Waals surface area contributed by atoms with E-state index in [1.807, 2.05) is 60.7 Å². The molecule has 0 unspecified atom stereocenters. The topological polar surface area (TPSA) is 111 Å². The summed E-state index contributed by atoms with van der Waals surface area (Å²) < 4.78 is 11.0. The van der Waals surface area contributed by atoms with Crippen LogP contribution in [0.15, 0.2) is 90.1 Å². The second kappa shape index (κ2) is 10.4. The Kier molecular flexibility index (Phi) is 6.56. The molecule has 174 valence electrons. The molecule has 0 amide bonds. The molecule has 0 aliphatic carbocycles. The lowest BCUT2D eigenvalue weighted by Gasteiger charge is -2.12. The molecule has 2 aromatic carbocycles. The van der Waals surface area contributed by atoms with Crippen molar-refractivity contribution in [3.05, 3.63) is 91.2 Å². The molecule has 0 spiro atoms.